The van der Waals surface area contributed by atoms with Crippen molar-refractivity contribution in [2.75, 3.05) is 0 Å². The van der Waals surface area contributed by atoms with Gasteiger partial charge in [-0.3, -0.25) is 0 Å². The van der Waals surface area contributed by atoms with E-state index in [1.54, 1.807) is 0 Å². The minimum Gasteiger partial charge on any atom is -0.329 e. The molecule has 4 heteroatoms. The van der Waals surface area contributed by atoms with E-state index in [0.717, 1.165) is 31.6 Å². The molecule has 0 spiro atoms. The van der Waals surface area contributed by atoms with Crippen LogP contribution < -0.4 is 5.73 Å². The molecule has 2 rings (SSSR count). The molecule has 1 aromatic rings. The lowest BCUT2D eigenvalue weighted by Gasteiger charge is -2.22. The molecule has 2 N–H and O–H groups in total. The normalized spacial score (nSPS) is 21.6. The van der Waals surface area contributed by atoms with Gasteiger partial charge in [0.05, 0.1) is 5.69 Å². The largest absolute Gasteiger partial charge is 0.329 e. The molecule has 0 fully saturated rings. The first-order chi connectivity index (χ1) is 6.22. The van der Waals surface area contributed by atoms with Crippen molar-refractivity contribution >= 4 is 11.6 Å². The Kier molecular flexibility index (Phi) is 2.30. The molecule has 0 aromatic carbocycles. The minimum atomic E-state index is 0.267. The highest BCUT2D eigenvalue weighted by Crippen LogP contribution is 2.23. The van der Waals surface area contributed by atoms with E-state index in [1.807, 2.05) is 0 Å². The Morgan fingerprint density at radius 3 is 3.15 bits per heavy atom. The number of aryl methyl sites for hydroxylation is 1. The molecule has 1 aromatic heterocycles. The first-order valence-corrected chi connectivity index (χ1v) is 5.09. The average Bonchev–Trinajstić information content (AvgIpc) is 2.42. The topological polar surface area (TPSA) is 43.8 Å². The summed E-state index contributed by atoms with van der Waals surface area (Å²) < 4.78 is 2.18. The third-order valence-electron chi connectivity index (χ3n) is 2.59. The Morgan fingerprint density at radius 1 is 1.69 bits per heavy atom. The Bertz CT molecular complexity index is 319. The summed E-state index contributed by atoms with van der Waals surface area (Å²) in [6.45, 7) is 2.96. The second kappa shape index (κ2) is 3.31. The maximum atomic E-state index is 6.02. The van der Waals surface area contributed by atoms with Gasteiger partial charge < -0.3 is 10.3 Å². The van der Waals surface area contributed by atoms with Crippen LogP contribution in [0.5, 0.6) is 0 Å². The number of halogens is 1. The molecule has 3 nitrogen and oxygen atoms in total. The third-order valence-corrected chi connectivity index (χ3v) is 2.89. The van der Waals surface area contributed by atoms with Crippen molar-refractivity contribution in [3.05, 3.63) is 16.7 Å². The van der Waals surface area contributed by atoms with E-state index < -0.39 is 0 Å². The molecule has 0 radical (unpaired) electrons. The molecule has 2 heterocycles. The maximum Gasteiger partial charge on any atom is 0.150 e. The summed E-state index contributed by atoms with van der Waals surface area (Å²) in [4.78, 5) is 4.32. The van der Waals surface area contributed by atoms with Gasteiger partial charge in [-0.1, -0.05) is 18.5 Å². The van der Waals surface area contributed by atoms with Crippen LogP contribution in [-0.4, -0.2) is 15.6 Å². The van der Waals surface area contributed by atoms with Crippen LogP contribution in [0.3, 0.4) is 0 Å². The molecular formula is C9H14ClN3. The lowest BCUT2D eigenvalue weighted by atomic mass is 10.1. The van der Waals surface area contributed by atoms with E-state index >= 15 is 0 Å². The first-order valence-electron chi connectivity index (χ1n) is 4.71. The molecule has 1 atom stereocenters. The summed E-state index contributed by atoms with van der Waals surface area (Å²) in [5, 5.41) is 0.670. The molecule has 13 heavy (non-hydrogen) atoms. The van der Waals surface area contributed by atoms with Gasteiger partial charge in [0.15, 0.2) is 5.15 Å². The molecule has 1 aliphatic rings. The summed E-state index contributed by atoms with van der Waals surface area (Å²) in [6.07, 6.45) is 2.91. The number of fused-ring (bicyclic) bond motifs is 1. The van der Waals surface area contributed by atoms with Gasteiger partial charge in [-0.25, -0.2) is 4.98 Å². The summed E-state index contributed by atoms with van der Waals surface area (Å²) in [5.74, 6) is 1.06. The van der Waals surface area contributed by atoms with Crippen molar-refractivity contribution < 1.29 is 0 Å². The van der Waals surface area contributed by atoms with Crippen LogP contribution in [-0.2, 0) is 19.4 Å². The van der Waals surface area contributed by atoms with Crippen molar-refractivity contribution in [1.29, 1.82) is 0 Å². The molecule has 0 saturated heterocycles. The lowest BCUT2D eigenvalue weighted by molar-refractivity contribution is 0.450. The van der Waals surface area contributed by atoms with Gasteiger partial charge in [0.25, 0.3) is 0 Å². The zero-order valence-corrected chi connectivity index (χ0v) is 8.51. The van der Waals surface area contributed by atoms with Crippen molar-refractivity contribution in [2.45, 2.75) is 38.8 Å². The molecular weight excluding hydrogens is 186 g/mol. The Labute approximate surface area is 82.9 Å². The van der Waals surface area contributed by atoms with Crippen LogP contribution in [0.1, 0.15) is 24.9 Å². The molecule has 1 aliphatic heterocycles. The quantitative estimate of drug-likeness (QED) is 0.743. The summed E-state index contributed by atoms with van der Waals surface area (Å²) >= 11 is 6.02. The van der Waals surface area contributed by atoms with Crippen molar-refractivity contribution in [3.63, 3.8) is 0 Å². The third kappa shape index (κ3) is 1.46. The van der Waals surface area contributed by atoms with E-state index in [1.165, 1.54) is 5.69 Å². The number of nitrogens with zero attached hydrogens (tertiary/aromatic N) is 2. The van der Waals surface area contributed by atoms with Crippen LogP contribution in [0.2, 0.25) is 5.15 Å². The fraction of sp³-hybridized carbons (Fsp3) is 0.667. The number of rotatable bonds is 1. The van der Waals surface area contributed by atoms with Gasteiger partial charge in [-0.2, -0.15) is 0 Å². The van der Waals surface area contributed by atoms with Gasteiger partial charge in [0.2, 0.25) is 0 Å². The Hall–Kier alpha value is -0.540. The number of hydrogen-bond acceptors (Lipinski definition) is 2. The minimum absolute atomic E-state index is 0.267. The lowest BCUT2D eigenvalue weighted by Crippen LogP contribution is -2.32. The van der Waals surface area contributed by atoms with E-state index in [9.17, 15) is 0 Å². The molecule has 72 valence electrons. The zero-order chi connectivity index (χ0) is 9.42. The molecule has 1 unspecified atom stereocenters. The number of nitrogens with two attached hydrogens (primary N) is 1. The molecule has 0 saturated carbocycles. The second-order valence-corrected chi connectivity index (χ2v) is 3.89. The zero-order valence-electron chi connectivity index (χ0n) is 7.76. The van der Waals surface area contributed by atoms with Crippen LogP contribution in [0.15, 0.2) is 0 Å². The predicted octanol–water partition coefficient (Wildman–Crippen LogP) is 1.37. The second-order valence-electron chi connectivity index (χ2n) is 3.53. The average molecular weight is 200 g/mol. The van der Waals surface area contributed by atoms with Crippen molar-refractivity contribution in [2.24, 2.45) is 5.73 Å². The smallest absolute Gasteiger partial charge is 0.150 e. The highest BCUT2D eigenvalue weighted by molar-refractivity contribution is 6.30. The highest BCUT2D eigenvalue weighted by atomic mass is 35.5. The highest BCUT2D eigenvalue weighted by Gasteiger charge is 2.21. The molecule has 0 bridgehead atoms. The van der Waals surface area contributed by atoms with Crippen LogP contribution >= 0.6 is 11.6 Å². The number of hydrogen-bond donors (Lipinski definition) is 1. The van der Waals surface area contributed by atoms with E-state index in [0.29, 0.717) is 5.15 Å². The Morgan fingerprint density at radius 2 is 2.46 bits per heavy atom. The SMILES string of the molecule is CCc1nc(Cl)c2n1CC(N)CC2. The van der Waals surface area contributed by atoms with Crippen molar-refractivity contribution in [1.82, 2.24) is 9.55 Å². The van der Waals surface area contributed by atoms with Gasteiger partial charge >= 0.3 is 0 Å². The maximum absolute atomic E-state index is 6.02. The van der Waals surface area contributed by atoms with Gasteiger partial charge in [0, 0.05) is 19.0 Å². The van der Waals surface area contributed by atoms with Crippen molar-refractivity contribution in [3.8, 4) is 0 Å². The predicted molar refractivity (Wildman–Crippen MR) is 52.9 cm³/mol. The first kappa shape index (κ1) is 9.03. The summed E-state index contributed by atoms with van der Waals surface area (Å²) in [5.41, 5.74) is 7.06. The van der Waals surface area contributed by atoms with E-state index in [-0.39, 0.29) is 6.04 Å². The summed E-state index contributed by atoms with van der Waals surface area (Å²) in [6, 6.07) is 0.267. The monoisotopic (exact) mass is 199 g/mol. The van der Waals surface area contributed by atoms with E-state index in [4.69, 9.17) is 17.3 Å². The van der Waals surface area contributed by atoms with Crippen LogP contribution in [0, 0.1) is 0 Å². The van der Waals surface area contributed by atoms with Crippen LogP contribution in [0.4, 0.5) is 0 Å². The van der Waals surface area contributed by atoms with Gasteiger partial charge in [-0.15, -0.1) is 0 Å². The van der Waals surface area contributed by atoms with Gasteiger partial charge in [-0.05, 0) is 12.8 Å². The van der Waals surface area contributed by atoms with Gasteiger partial charge in [0.1, 0.15) is 5.82 Å². The number of imidazole rings is 1. The molecule has 0 aliphatic carbocycles. The molecule has 0 amide bonds. The summed E-state index contributed by atoms with van der Waals surface area (Å²) in [7, 11) is 0. The number of aromatic nitrogens is 2. The van der Waals surface area contributed by atoms with E-state index in [2.05, 4.69) is 16.5 Å². The van der Waals surface area contributed by atoms with Crippen LogP contribution in [0.25, 0.3) is 0 Å². The Balaban J connectivity index is 2.43. The fourth-order valence-electron chi connectivity index (χ4n) is 1.88. The standard InChI is InChI=1S/C9H14ClN3/c1-2-8-12-9(10)7-4-3-6(11)5-13(7)8/h6H,2-5,11H2,1H3. The fourth-order valence-corrected chi connectivity index (χ4v) is 2.17.